The molecule has 0 bridgehead atoms. The SMILES string of the molecule is CC[C@H](C)[C@H](NC(=O)[C@H](Cc1c[nH]c2ccccc12)NC(=O)[C@H](CCC(=O)O)NC(=O)[C@H](CCCN=C(N)N)NC(=O)[C@H](Cc1ccccc1)NC(=O)[C@H](CC(=O)O)NC(=O)[C@H](CO)NC(=O)[C@@H](NC(=O)[C@@H](N)CCCCN)C(C)C)C(=O)O. The lowest BCUT2D eigenvalue weighted by Crippen LogP contribution is -2.61. The van der Waals surface area contributed by atoms with Crippen LogP contribution in [0.4, 0.5) is 0 Å². The first-order chi connectivity index (χ1) is 39.8. The molecule has 10 atom stereocenters. The van der Waals surface area contributed by atoms with Gasteiger partial charge in [0.15, 0.2) is 5.96 Å². The molecule has 0 unspecified atom stereocenters. The van der Waals surface area contributed by atoms with Crippen molar-refractivity contribution in [1.29, 1.82) is 0 Å². The number of aromatic nitrogens is 1. The summed E-state index contributed by atoms with van der Waals surface area (Å²) in [5.41, 5.74) is 24.2. The van der Waals surface area contributed by atoms with Gasteiger partial charge in [-0.2, -0.15) is 0 Å². The summed E-state index contributed by atoms with van der Waals surface area (Å²) < 4.78 is 0. The van der Waals surface area contributed by atoms with E-state index in [1.54, 1.807) is 88.5 Å². The standard InChI is InChI=1S/C55H82N14O15/c1-5-30(4)45(54(83)84)69-51(80)39(25-32-27-61-35-18-10-9-16-33(32)35)65-48(77)37(20-21-42(71)72)63-47(76)36(19-13-23-60-55(58)59)62-49(78)38(24-31-14-7-6-8-15-31)64-50(79)40(26-43(73)74)66-52(81)41(28-70)67-53(82)44(29(2)3)68-46(75)34(57)17-11-12-22-56/h6-10,14-16,18,27,29-30,34,36-41,44-45,61,70H,5,11-13,17,19-26,28,56-57H2,1-4H3,(H,62,78)(H,63,76)(H,64,79)(H,65,77)(H,66,81)(H,67,82)(H,68,75)(H,69,80)(H,71,72)(H,73,74)(H,83,84)(H4,58,59,60)/t30-,34-,36-,37-,38-,39-,40-,41-,44-,45-/m0/s1. The van der Waals surface area contributed by atoms with E-state index in [0.717, 1.165) is 0 Å². The highest BCUT2D eigenvalue weighted by atomic mass is 16.4. The Balaban J connectivity index is 1.98. The average Bonchev–Trinajstić information content (AvgIpc) is 4.12. The van der Waals surface area contributed by atoms with Gasteiger partial charge in [-0.3, -0.25) is 52.9 Å². The summed E-state index contributed by atoms with van der Waals surface area (Å²) >= 11 is 0. The molecule has 3 rings (SSSR count). The van der Waals surface area contributed by atoms with Gasteiger partial charge in [0, 0.05) is 42.9 Å². The third-order valence-electron chi connectivity index (χ3n) is 13.7. The Hall–Kier alpha value is -8.70. The number of carbonyl (C=O) groups excluding carboxylic acids is 8. The quantitative estimate of drug-likeness (QED) is 0.0160. The van der Waals surface area contributed by atoms with Crippen LogP contribution in [0.5, 0.6) is 0 Å². The van der Waals surface area contributed by atoms with E-state index in [9.17, 15) is 73.2 Å². The molecule has 1 aromatic heterocycles. The molecule has 21 N–H and O–H groups in total. The normalized spacial score (nSPS) is 14.7. The van der Waals surface area contributed by atoms with Crippen LogP contribution in [-0.4, -0.2) is 171 Å². The Morgan fingerprint density at radius 3 is 1.67 bits per heavy atom. The first kappa shape index (κ1) is 69.6. The molecule has 0 saturated carbocycles. The van der Waals surface area contributed by atoms with Crippen LogP contribution in [0, 0.1) is 11.8 Å². The van der Waals surface area contributed by atoms with E-state index in [1.165, 1.54) is 0 Å². The van der Waals surface area contributed by atoms with Gasteiger partial charge in [0.25, 0.3) is 0 Å². The predicted molar refractivity (Wildman–Crippen MR) is 307 cm³/mol. The van der Waals surface area contributed by atoms with Crippen molar-refractivity contribution >= 4 is 82.0 Å². The number of aliphatic hydroxyl groups is 1. The van der Waals surface area contributed by atoms with Crippen molar-refractivity contribution in [3.63, 3.8) is 0 Å². The maximum absolute atomic E-state index is 14.5. The van der Waals surface area contributed by atoms with Crippen LogP contribution in [0.2, 0.25) is 0 Å². The minimum Gasteiger partial charge on any atom is -0.481 e. The van der Waals surface area contributed by atoms with Crippen LogP contribution in [-0.2, 0) is 65.6 Å². The van der Waals surface area contributed by atoms with Gasteiger partial charge in [0.05, 0.1) is 19.1 Å². The second-order valence-electron chi connectivity index (χ2n) is 20.6. The van der Waals surface area contributed by atoms with Crippen molar-refractivity contribution in [2.75, 3.05) is 19.7 Å². The molecule has 0 radical (unpaired) electrons. The van der Waals surface area contributed by atoms with Crippen molar-refractivity contribution < 1.29 is 73.2 Å². The second-order valence-corrected chi connectivity index (χ2v) is 20.6. The van der Waals surface area contributed by atoms with Crippen LogP contribution in [0.1, 0.15) is 96.6 Å². The third kappa shape index (κ3) is 23.3. The molecule has 2 aromatic carbocycles. The summed E-state index contributed by atoms with van der Waals surface area (Å²) in [6.07, 6.45) is 0.250. The lowest BCUT2D eigenvalue weighted by atomic mass is 9.97. The number of carbonyl (C=O) groups is 11. The monoisotopic (exact) mass is 1180 g/mol. The van der Waals surface area contributed by atoms with Crippen molar-refractivity contribution in [2.45, 2.75) is 153 Å². The number of carboxylic acids is 3. The van der Waals surface area contributed by atoms with Gasteiger partial charge in [-0.05, 0) is 67.7 Å². The number of nitrogens with two attached hydrogens (primary N) is 4. The summed E-state index contributed by atoms with van der Waals surface area (Å²) in [6, 6.07) is 1.21. The molecule has 0 fully saturated rings. The summed E-state index contributed by atoms with van der Waals surface area (Å²) in [6.45, 7) is 5.76. The highest BCUT2D eigenvalue weighted by Gasteiger charge is 2.37. The fourth-order valence-corrected chi connectivity index (χ4v) is 8.67. The Morgan fingerprint density at radius 2 is 1.10 bits per heavy atom. The number of nitrogens with one attached hydrogen (secondary N) is 9. The Bertz CT molecular complexity index is 2760. The van der Waals surface area contributed by atoms with E-state index < -0.39 is 157 Å². The van der Waals surface area contributed by atoms with E-state index in [-0.39, 0.29) is 44.6 Å². The van der Waals surface area contributed by atoms with Crippen LogP contribution in [0.25, 0.3) is 10.9 Å². The number of amides is 8. The second kappa shape index (κ2) is 35.3. The molecule has 84 heavy (non-hydrogen) atoms. The number of nitrogens with zero attached hydrogens (tertiary/aromatic N) is 1. The van der Waals surface area contributed by atoms with Gasteiger partial charge in [0.1, 0.15) is 48.3 Å². The zero-order valence-corrected chi connectivity index (χ0v) is 47.6. The van der Waals surface area contributed by atoms with Crippen molar-refractivity contribution in [1.82, 2.24) is 47.5 Å². The number of aliphatic carboxylic acids is 3. The van der Waals surface area contributed by atoms with E-state index in [4.69, 9.17) is 22.9 Å². The fourth-order valence-electron chi connectivity index (χ4n) is 8.67. The molecule has 0 aliphatic carbocycles. The molecule has 8 amide bonds. The minimum absolute atomic E-state index is 0.00585. The molecule has 29 heteroatoms. The van der Waals surface area contributed by atoms with Gasteiger partial charge in [0.2, 0.25) is 47.3 Å². The van der Waals surface area contributed by atoms with E-state index in [2.05, 4.69) is 52.5 Å². The maximum Gasteiger partial charge on any atom is 0.326 e. The number of aliphatic hydroxyl groups excluding tert-OH is 1. The number of hydrogen-bond acceptors (Lipinski definition) is 15. The first-order valence-corrected chi connectivity index (χ1v) is 27.6. The molecule has 1 heterocycles. The molecule has 29 nitrogen and oxygen atoms in total. The maximum atomic E-state index is 14.5. The van der Waals surface area contributed by atoms with Crippen LogP contribution in [0.3, 0.4) is 0 Å². The Labute approximate surface area is 485 Å². The predicted octanol–water partition coefficient (Wildman–Crippen LogP) is -2.54. The lowest BCUT2D eigenvalue weighted by Gasteiger charge is -2.28. The summed E-state index contributed by atoms with van der Waals surface area (Å²) in [5, 5.41) is 60.1. The number of H-pyrrole nitrogens is 1. The minimum atomic E-state index is -1.97. The number of para-hydroxylation sites is 1. The Morgan fingerprint density at radius 1 is 0.571 bits per heavy atom. The van der Waals surface area contributed by atoms with Gasteiger partial charge < -0.3 is 90.9 Å². The number of rotatable bonds is 38. The summed E-state index contributed by atoms with van der Waals surface area (Å²) in [5.74, 6) is -13.9. The van der Waals surface area contributed by atoms with Gasteiger partial charge >= 0.3 is 17.9 Å². The molecule has 0 spiro atoms. The molecule has 0 aliphatic rings. The molecular formula is C55H82N14O15. The topological polar surface area (TPSA) is 497 Å². The van der Waals surface area contributed by atoms with Gasteiger partial charge in [-0.1, -0.05) is 89.1 Å². The van der Waals surface area contributed by atoms with E-state index >= 15 is 0 Å². The number of benzene rings is 2. The van der Waals surface area contributed by atoms with Crippen molar-refractivity contribution in [3.8, 4) is 0 Å². The first-order valence-electron chi connectivity index (χ1n) is 27.6. The molecule has 3 aromatic rings. The Kier molecular flexibility index (Phi) is 29.3. The summed E-state index contributed by atoms with van der Waals surface area (Å²) in [7, 11) is 0. The van der Waals surface area contributed by atoms with Gasteiger partial charge in [-0.25, -0.2) is 4.79 Å². The number of hydrogen-bond donors (Lipinski definition) is 17. The van der Waals surface area contributed by atoms with Crippen LogP contribution >= 0.6 is 0 Å². The molecule has 462 valence electrons. The number of unbranched alkanes of at least 4 members (excludes halogenated alkanes) is 1. The molecule has 0 aliphatic heterocycles. The van der Waals surface area contributed by atoms with E-state index in [0.29, 0.717) is 47.8 Å². The molecular weight excluding hydrogens is 1100 g/mol. The van der Waals surface area contributed by atoms with E-state index in [1.807, 2.05) is 0 Å². The molecule has 0 saturated heterocycles. The zero-order chi connectivity index (χ0) is 62.6. The number of carboxylic acid groups (broad SMARTS) is 3. The number of fused-ring (bicyclic) bond motifs is 1. The zero-order valence-electron chi connectivity index (χ0n) is 47.6. The largest absolute Gasteiger partial charge is 0.481 e. The number of aromatic amines is 1. The smallest absolute Gasteiger partial charge is 0.326 e. The van der Waals surface area contributed by atoms with Crippen molar-refractivity contribution in [2.24, 2.45) is 39.8 Å². The average molecular weight is 1180 g/mol. The third-order valence-corrected chi connectivity index (χ3v) is 13.7. The number of guanidine groups is 1. The highest BCUT2D eigenvalue weighted by molar-refractivity contribution is 5.99. The van der Waals surface area contributed by atoms with Crippen molar-refractivity contribution in [3.05, 3.63) is 71.9 Å². The van der Waals surface area contributed by atoms with Gasteiger partial charge in [-0.15, -0.1) is 0 Å². The van der Waals surface area contributed by atoms with Crippen LogP contribution < -0.4 is 65.5 Å². The number of aliphatic imine (C=N–C) groups is 1. The fraction of sp³-hybridized carbons (Fsp3) is 0.527. The summed E-state index contributed by atoms with van der Waals surface area (Å²) in [4.78, 5) is 155. The van der Waals surface area contributed by atoms with Crippen LogP contribution in [0.15, 0.2) is 65.8 Å². The lowest BCUT2D eigenvalue weighted by molar-refractivity contribution is -0.144. The highest BCUT2D eigenvalue weighted by Crippen LogP contribution is 2.20.